The van der Waals surface area contributed by atoms with Gasteiger partial charge in [-0.1, -0.05) is 30.3 Å². The third kappa shape index (κ3) is 3.30. The van der Waals surface area contributed by atoms with Crippen molar-refractivity contribution in [3.63, 3.8) is 0 Å². The molecule has 6 nitrogen and oxygen atoms in total. The monoisotopic (exact) mass is 415 g/mol. The molecule has 2 aliphatic rings. The van der Waals surface area contributed by atoms with Gasteiger partial charge in [-0.2, -0.15) is 0 Å². The van der Waals surface area contributed by atoms with Crippen LogP contribution < -0.4 is 4.74 Å². The second-order valence-corrected chi connectivity index (χ2v) is 7.88. The molecular formula is C25H21NO5. The van der Waals surface area contributed by atoms with Gasteiger partial charge in [-0.15, -0.1) is 0 Å². The van der Waals surface area contributed by atoms with Gasteiger partial charge in [0.2, 0.25) is 0 Å². The maximum atomic E-state index is 13.0. The lowest BCUT2D eigenvalue weighted by atomic mass is 9.97. The second-order valence-electron chi connectivity index (χ2n) is 7.88. The molecule has 0 radical (unpaired) electrons. The molecule has 0 bridgehead atoms. The summed E-state index contributed by atoms with van der Waals surface area (Å²) in [6.45, 7) is 2.20. The number of fused-ring (bicyclic) bond motifs is 1. The lowest BCUT2D eigenvalue weighted by Gasteiger charge is -2.23. The van der Waals surface area contributed by atoms with Crippen molar-refractivity contribution in [3.05, 3.63) is 95.0 Å². The molecule has 6 heteroatoms. The molecule has 0 saturated carbocycles. The molecule has 0 spiro atoms. The number of aliphatic hydroxyl groups excluding tert-OH is 1. The van der Waals surface area contributed by atoms with Crippen LogP contribution in [0, 0.1) is 0 Å². The largest absolute Gasteiger partial charge is 0.507 e. The first-order valence-electron chi connectivity index (χ1n) is 10.2. The Kier molecular flexibility index (Phi) is 4.62. The van der Waals surface area contributed by atoms with Gasteiger partial charge in [0.15, 0.2) is 0 Å². The summed E-state index contributed by atoms with van der Waals surface area (Å²) in [6.07, 6.45) is 2.28. The van der Waals surface area contributed by atoms with E-state index >= 15 is 0 Å². The summed E-state index contributed by atoms with van der Waals surface area (Å²) in [5.74, 6) is -0.395. The molecule has 0 unspecified atom stereocenters. The number of likely N-dealkylation sites (tertiary alicyclic amines) is 1. The number of carbonyl (C=O) groups excluding carboxylic acids is 2. The summed E-state index contributed by atoms with van der Waals surface area (Å²) >= 11 is 0. The van der Waals surface area contributed by atoms with E-state index in [2.05, 4.69) is 0 Å². The molecule has 3 aromatic rings. The Labute approximate surface area is 179 Å². The summed E-state index contributed by atoms with van der Waals surface area (Å²) in [4.78, 5) is 27.4. The SMILES string of the molecule is C[C@H]1Cc2cc(C(O)=C3C(=O)C(=O)N(Cc4ccccc4)[C@H]3c3ccco3)ccc2O1. The van der Waals surface area contributed by atoms with E-state index in [0.717, 1.165) is 23.3 Å². The highest BCUT2D eigenvalue weighted by molar-refractivity contribution is 6.46. The van der Waals surface area contributed by atoms with E-state index in [0.29, 0.717) is 11.3 Å². The minimum atomic E-state index is -0.807. The van der Waals surface area contributed by atoms with E-state index in [1.165, 1.54) is 11.2 Å². The zero-order chi connectivity index (χ0) is 21.5. The first-order chi connectivity index (χ1) is 15.0. The van der Waals surface area contributed by atoms with E-state index in [4.69, 9.17) is 9.15 Å². The van der Waals surface area contributed by atoms with Crippen LogP contribution in [0.1, 0.15) is 35.4 Å². The smallest absolute Gasteiger partial charge is 0.296 e. The first-order valence-corrected chi connectivity index (χ1v) is 10.2. The number of carbonyl (C=O) groups is 2. The van der Waals surface area contributed by atoms with Crippen molar-refractivity contribution in [1.29, 1.82) is 0 Å². The fourth-order valence-electron chi connectivity index (χ4n) is 4.29. The summed E-state index contributed by atoms with van der Waals surface area (Å²) in [7, 11) is 0. The average Bonchev–Trinajstić information content (AvgIpc) is 3.48. The number of nitrogens with zero attached hydrogens (tertiary/aromatic N) is 1. The molecule has 2 atom stereocenters. The van der Waals surface area contributed by atoms with Crippen LogP contribution in [-0.2, 0) is 22.6 Å². The van der Waals surface area contributed by atoms with Gasteiger partial charge in [-0.05, 0) is 48.4 Å². The predicted octanol–water partition coefficient (Wildman–Crippen LogP) is 4.22. The minimum Gasteiger partial charge on any atom is -0.507 e. The van der Waals surface area contributed by atoms with E-state index < -0.39 is 17.7 Å². The van der Waals surface area contributed by atoms with Crippen LogP contribution in [0.15, 0.2) is 76.9 Å². The molecular weight excluding hydrogens is 394 g/mol. The number of ether oxygens (including phenoxy) is 1. The molecule has 31 heavy (non-hydrogen) atoms. The van der Waals surface area contributed by atoms with Gasteiger partial charge in [0, 0.05) is 18.5 Å². The maximum absolute atomic E-state index is 13.0. The molecule has 1 saturated heterocycles. The number of rotatable bonds is 4. The van der Waals surface area contributed by atoms with Gasteiger partial charge in [-0.3, -0.25) is 9.59 Å². The van der Waals surface area contributed by atoms with E-state index in [9.17, 15) is 14.7 Å². The Bertz CT molecular complexity index is 1180. The maximum Gasteiger partial charge on any atom is 0.296 e. The molecule has 1 aromatic heterocycles. The highest BCUT2D eigenvalue weighted by Gasteiger charge is 2.47. The first kappa shape index (κ1) is 19.2. The van der Waals surface area contributed by atoms with Gasteiger partial charge in [0.05, 0.1) is 11.8 Å². The van der Waals surface area contributed by atoms with Crippen LogP contribution in [-0.4, -0.2) is 27.8 Å². The van der Waals surface area contributed by atoms with Crippen molar-refractivity contribution >= 4 is 17.4 Å². The fraction of sp³-hybridized carbons (Fsp3) is 0.200. The van der Waals surface area contributed by atoms with Crippen molar-refractivity contribution in [2.45, 2.75) is 32.0 Å². The van der Waals surface area contributed by atoms with Crippen LogP contribution in [0.5, 0.6) is 5.75 Å². The van der Waals surface area contributed by atoms with E-state index in [1.54, 1.807) is 24.3 Å². The molecule has 0 aliphatic carbocycles. The Morgan fingerprint density at radius 3 is 2.65 bits per heavy atom. The topological polar surface area (TPSA) is 80.0 Å². The predicted molar refractivity (Wildman–Crippen MR) is 113 cm³/mol. The normalized spacial score (nSPS) is 21.9. The van der Waals surface area contributed by atoms with Crippen molar-refractivity contribution in [2.24, 2.45) is 0 Å². The Morgan fingerprint density at radius 2 is 1.90 bits per heavy atom. The molecule has 5 rings (SSSR count). The van der Waals surface area contributed by atoms with Crippen LogP contribution >= 0.6 is 0 Å². The van der Waals surface area contributed by atoms with E-state index in [1.807, 2.05) is 43.3 Å². The van der Waals surface area contributed by atoms with Crippen molar-refractivity contribution < 1.29 is 23.8 Å². The number of Topliss-reactive ketones (excluding diaryl/α,β-unsaturated/α-hetero) is 1. The minimum absolute atomic E-state index is 0.0304. The number of furan rings is 1. The standard InChI is InChI=1S/C25H21NO5/c1-15-12-18-13-17(9-10-19(18)31-15)23(27)21-22(20-8-5-11-30-20)26(25(29)24(21)28)14-16-6-3-2-4-7-16/h2-11,13,15,22,27H,12,14H2,1H3/t15-,22-/m0/s1. The Balaban J connectivity index is 1.60. The third-order valence-electron chi connectivity index (χ3n) is 5.72. The number of aliphatic hydroxyl groups is 1. The Hall–Kier alpha value is -3.80. The van der Waals surface area contributed by atoms with Crippen molar-refractivity contribution in [1.82, 2.24) is 4.90 Å². The molecule has 1 amide bonds. The summed E-state index contributed by atoms with van der Waals surface area (Å²) in [5, 5.41) is 11.2. The molecule has 1 fully saturated rings. The Morgan fingerprint density at radius 1 is 1.10 bits per heavy atom. The lowest BCUT2D eigenvalue weighted by Crippen LogP contribution is -2.29. The van der Waals surface area contributed by atoms with Gasteiger partial charge in [0.1, 0.15) is 29.4 Å². The fourth-order valence-corrected chi connectivity index (χ4v) is 4.29. The van der Waals surface area contributed by atoms with Crippen LogP contribution in [0.4, 0.5) is 0 Å². The molecule has 156 valence electrons. The third-order valence-corrected chi connectivity index (χ3v) is 5.72. The van der Waals surface area contributed by atoms with Crippen LogP contribution in [0.3, 0.4) is 0 Å². The molecule has 2 aliphatic heterocycles. The number of hydrogen-bond acceptors (Lipinski definition) is 5. The van der Waals surface area contributed by atoms with Gasteiger partial charge < -0.3 is 19.2 Å². The zero-order valence-corrected chi connectivity index (χ0v) is 16.9. The van der Waals surface area contributed by atoms with Crippen molar-refractivity contribution in [2.75, 3.05) is 0 Å². The van der Waals surface area contributed by atoms with E-state index in [-0.39, 0.29) is 24.0 Å². The van der Waals surface area contributed by atoms with Crippen LogP contribution in [0.25, 0.3) is 5.76 Å². The number of hydrogen-bond donors (Lipinski definition) is 1. The number of amides is 1. The van der Waals surface area contributed by atoms with Crippen LogP contribution in [0.2, 0.25) is 0 Å². The molecule has 1 N–H and O–H groups in total. The van der Waals surface area contributed by atoms with Gasteiger partial charge in [-0.25, -0.2) is 0 Å². The molecule has 3 heterocycles. The van der Waals surface area contributed by atoms with Gasteiger partial charge in [0.25, 0.3) is 11.7 Å². The number of benzene rings is 2. The van der Waals surface area contributed by atoms with Gasteiger partial charge >= 0.3 is 0 Å². The number of ketones is 1. The zero-order valence-electron chi connectivity index (χ0n) is 16.9. The second kappa shape index (κ2) is 7.47. The van der Waals surface area contributed by atoms with Crippen molar-refractivity contribution in [3.8, 4) is 5.75 Å². The highest BCUT2D eigenvalue weighted by atomic mass is 16.5. The highest BCUT2D eigenvalue weighted by Crippen LogP contribution is 2.41. The summed E-state index contributed by atoms with van der Waals surface area (Å²) in [6, 6.07) is 17.3. The summed E-state index contributed by atoms with van der Waals surface area (Å²) < 4.78 is 11.3. The summed E-state index contributed by atoms with van der Waals surface area (Å²) in [5.41, 5.74) is 2.35. The lowest BCUT2D eigenvalue weighted by molar-refractivity contribution is -0.140. The quantitative estimate of drug-likeness (QED) is 0.392. The average molecular weight is 415 g/mol. The molecule has 2 aromatic carbocycles.